The molecule has 0 aliphatic carbocycles. The van der Waals surface area contributed by atoms with Crippen LogP contribution in [-0.4, -0.2) is 75.8 Å². The molecule has 2 heterocycles. The van der Waals surface area contributed by atoms with Gasteiger partial charge in [0.2, 0.25) is 5.91 Å². The topological polar surface area (TPSA) is 142 Å². The van der Waals surface area contributed by atoms with Gasteiger partial charge in [-0.25, -0.2) is 4.79 Å². The lowest BCUT2D eigenvalue weighted by Crippen LogP contribution is -2.75. The molecule has 2 amide bonds. The summed E-state index contributed by atoms with van der Waals surface area (Å²) in [6.07, 6.45) is 0. The largest absolute Gasteiger partial charge is 0.484 e. The van der Waals surface area contributed by atoms with Crippen LogP contribution in [0.5, 0.6) is 5.75 Å². The Morgan fingerprint density at radius 1 is 1.19 bits per heavy atom. The van der Waals surface area contributed by atoms with Crippen molar-refractivity contribution >= 4 is 23.8 Å². The third kappa shape index (κ3) is 4.14. The second-order valence-corrected chi connectivity index (χ2v) is 9.23. The number of para-hydroxylation sites is 1. The number of nitrogens with one attached hydrogen (secondary N) is 1. The fourth-order valence-corrected chi connectivity index (χ4v) is 4.10. The number of esters is 1. The van der Waals surface area contributed by atoms with Crippen molar-refractivity contribution in [1.82, 2.24) is 10.2 Å². The van der Waals surface area contributed by atoms with Crippen LogP contribution in [0.1, 0.15) is 27.7 Å². The van der Waals surface area contributed by atoms with Gasteiger partial charge in [0.25, 0.3) is 5.91 Å². The number of hydrogen-bond donors (Lipinski definition) is 3. The number of aliphatic hydroxyl groups is 1. The quantitative estimate of drug-likeness (QED) is 0.396. The third-order valence-electron chi connectivity index (χ3n) is 5.94. The molecule has 0 spiro atoms. The Balaban J connectivity index is 1.74. The molecule has 2 fully saturated rings. The molecule has 10 heteroatoms. The lowest BCUT2D eigenvalue weighted by atomic mass is 9.79. The Morgan fingerprint density at radius 2 is 1.81 bits per heavy atom. The van der Waals surface area contributed by atoms with E-state index in [0.717, 1.165) is 4.90 Å². The highest BCUT2D eigenvalue weighted by Crippen LogP contribution is 2.46. The van der Waals surface area contributed by atoms with Gasteiger partial charge in [0.15, 0.2) is 6.61 Å². The molecule has 0 radical (unpaired) electrons. The normalized spacial score (nSPS) is 29.0. The van der Waals surface area contributed by atoms with Gasteiger partial charge < -0.3 is 29.9 Å². The molecular weight excluding hydrogens is 420 g/mol. The van der Waals surface area contributed by atoms with Crippen LogP contribution < -0.4 is 10.1 Å². The van der Waals surface area contributed by atoms with Gasteiger partial charge in [-0.2, -0.15) is 0 Å². The molecule has 2 aliphatic rings. The van der Waals surface area contributed by atoms with Gasteiger partial charge in [-0.3, -0.25) is 14.4 Å². The van der Waals surface area contributed by atoms with E-state index in [0.29, 0.717) is 5.75 Å². The van der Waals surface area contributed by atoms with Gasteiger partial charge in [-0.1, -0.05) is 25.1 Å². The highest BCUT2D eigenvalue weighted by atomic mass is 16.5. The van der Waals surface area contributed by atoms with E-state index in [1.165, 1.54) is 6.92 Å². The maximum absolute atomic E-state index is 12.7. The first kappa shape index (κ1) is 23.5. The van der Waals surface area contributed by atoms with Crippen LogP contribution in [0.25, 0.3) is 0 Å². The van der Waals surface area contributed by atoms with Gasteiger partial charge in [0, 0.05) is 5.92 Å². The van der Waals surface area contributed by atoms with Crippen molar-refractivity contribution in [2.24, 2.45) is 11.3 Å². The molecule has 10 nitrogen and oxygen atoms in total. The predicted molar refractivity (Wildman–Crippen MR) is 110 cm³/mol. The molecule has 5 atom stereocenters. The Labute approximate surface area is 185 Å². The number of β-lactam (4-membered cyclic amide) rings is 1. The van der Waals surface area contributed by atoms with Crippen molar-refractivity contribution in [3.63, 3.8) is 0 Å². The van der Waals surface area contributed by atoms with Gasteiger partial charge in [0.1, 0.15) is 30.0 Å². The summed E-state index contributed by atoms with van der Waals surface area (Å²) in [5, 5.41) is 23.5. The monoisotopic (exact) mass is 448 g/mol. The first-order valence-electron chi connectivity index (χ1n) is 10.3. The van der Waals surface area contributed by atoms with Crippen molar-refractivity contribution in [3.8, 4) is 5.75 Å². The first-order valence-corrected chi connectivity index (χ1v) is 10.3. The number of carboxylic acids is 1. The van der Waals surface area contributed by atoms with E-state index in [9.17, 15) is 29.4 Å². The van der Waals surface area contributed by atoms with E-state index in [1.54, 1.807) is 51.1 Å². The number of ether oxygens (including phenoxy) is 2. The number of carbonyl (C=O) groups is 4. The summed E-state index contributed by atoms with van der Waals surface area (Å²) < 4.78 is 10.7. The lowest BCUT2D eigenvalue weighted by Gasteiger charge is -2.48. The average Bonchev–Trinajstić information content (AvgIpc) is 2.94. The van der Waals surface area contributed by atoms with Crippen LogP contribution in [0.3, 0.4) is 0 Å². The van der Waals surface area contributed by atoms with Crippen molar-refractivity contribution in [3.05, 3.63) is 30.3 Å². The highest BCUT2D eigenvalue weighted by Gasteiger charge is 2.71. The number of hydrogen-bond acceptors (Lipinski definition) is 7. The van der Waals surface area contributed by atoms with Crippen LogP contribution in [-0.2, 0) is 23.9 Å². The fourth-order valence-electron chi connectivity index (χ4n) is 4.10. The van der Waals surface area contributed by atoms with Crippen molar-refractivity contribution in [2.45, 2.75) is 51.4 Å². The second-order valence-electron chi connectivity index (χ2n) is 9.23. The van der Waals surface area contributed by atoms with Crippen LogP contribution >= 0.6 is 0 Å². The summed E-state index contributed by atoms with van der Waals surface area (Å²) in [5.74, 6) is -3.57. The van der Waals surface area contributed by atoms with Gasteiger partial charge >= 0.3 is 11.9 Å². The standard InChI is InChI=1S/C22H28N2O8/c1-12-16(19(27)28)24-17(22(12,30)11-32-20(29)21(2,3)4)15(18(24)26)23-14(25)10-31-13-8-6-5-7-9-13/h5-9,12,15-17,30H,10-11H2,1-4H3,(H,23,25)(H,27,28)/t12?,15?,16?,17-,22?/m0/s1. The molecule has 174 valence electrons. The van der Waals surface area contributed by atoms with Crippen molar-refractivity contribution in [2.75, 3.05) is 13.2 Å². The minimum atomic E-state index is -1.85. The molecule has 3 N–H and O–H groups in total. The Kier molecular flexibility index (Phi) is 6.19. The summed E-state index contributed by atoms with van der Waals surface area (Å²) in [5.41, 5.74) is -2.68. The molecule has 32 heavy (non-hydrogen) atoms. The lowest BCUT2D eigenvalue weighted by molar-refractivity contribution is -0.176. The average molecular weight is 448 g/mol. The molecule has 1 aromatic rings. The van der Waals surface area contributed by atoms with Gasteiger partial charge in [0.05, 0.1) is 11.5 Å². The van der Waals surface area contributed by atoms with E-state index < -0.39 is 65.4 Å². The van der Waals surface area contributed by atoms with Gasteiger partial charge in [-0.05, 0) is 32.9 Å². The van der Waals surface area contributed by atoms with E-state index >= 15 is 0 Å². The summed E-state index contributed by atoms with van der Waals surface area (Å²) in [6.45, 7) is 5.54. The maximum atomic E-state index is 12.7. The summed E-state index contributed by atoms with van der Waals surface area (Å²) in [7, 11) is 0. The number of benzene rings is 1. The molecule has 2 saturated heterocycles. The van der Waals surface area contributed by atoms with Crippen molar-refractivity contribution < 1.29 is 38.9 Å². The van der Waals surface area contributed by atoms with Crippen molar-refractivity contribution in [1.29, 1.82) is 0 Å². The fraction of sp³-hybridized carbons (Fsp3) is 0.545. The molecule has 3 rings (SSSR count). The molecular formula is C22H28N2O8. The number of aliphatic carboxylic acids is 1. The highest BCUT2D eigenvalue weighted by molar-refractivity contribution is 5.98. The number of amides is 2. The number of rotatable bonds is 7. The number of carbonyl (C=O) groups excluding carboxylic acids is 3. The zero-order valence-corrected chi connectivity index (χ0v) is 18.4. The Bertz CT molecular complexity index is 912. The molecule has 0 aromatic heterocycles. The van der Waals surface area contributed by atoms with E-state index in [2.05, 4.69) is 5.32 Å². The van der Waals surface area contributed by atoms with Crippen LogP contribution in [0.15, 0.2) is 30.3 Å². The molecule has 1 aromatic carbocycles. The molecule has 4 unspecified atom stereocenters. The SMILES string of the molecule is CC1C(C(=O)O)N2C(=O)C(NC(=O)COc3ccccc3)[C@H]2C1(O)COC(=O)C(C)(C)C. The number of fused-ring (bicyclic) bond motifs is 1. The summed E-state index contributed by atoms with van der Waals surface area (Å²) in [4.78, 5) is 50.1. The van der Waals surface area contributed by atoms with Crippen LogP contribution in [0, 0.1) is 11.3 Å². The second kappa shape index (κ2) is 8.42. The maximum Gasteiger partial charge on any atom is 0.326 e. The van der Waals surface area contributed by atoms with Gasteiger partial charge in [-0.15, -0.1) is 0 Å². The van der Waals surface area contributed by atoms with Crippen LogP contribution in [0.4, 0.5) is 0 Å². The summed E-state index contributed by atoms with van der Waals surface area (Å²) in [6, 6.07) is 5.09. The first-order chi connectivity index (χ1) is 14.9. The number of carboxylic acid groups (broad SMARTS) is 1. The van der Waals surface area contributed by atoms with E-state index in [-0.39, 0.29) is 6.61 Å². The minimum absolute atomic E-state index is 0.365. The minimum Gasteiger partial charge on any atom is -0.484 e. The Morgan fingerprint density at radius 3 is 2.38 bits per heavy atom. The Hall–Kier alpha value is -3.14. The van der Waals surface area contributed by atoms with Crippen LogP contribution in [0.2, 0.25) is 0 Å². The predicted octanol–water partition coefficient (Wildman–Crippen LogP) is 0.184. The molecule has 0 saturated carbocycles. The zero-order chi connectivity index (χ0) is 23.8. The number of nitrogens with zero attached hydrogens (tertiary/aromatic N) is 1. The third-order valence-corrected chi connectivity index (χ3v) is 5.94. The van der Waals surface area contributed by atoms with E-state index in [1.807, 2.05) is 0 Å². The molecule has 0 bridgehead atoms. The van der Waals surface area contributed by atoms with E-state index in [4.69, 9.17) is 9.47 Å². The molecule has 2 aliphatic heterocycles. The zero-order valence-electron chi connectivity index (χ0n) is 18.4. The smallest absolute Gasteiger partial charge is 0.326 e. The summed E-state index contributed by atoms with van der Waals surface area (Å²) >= 11 is 0.